The lowest BCUT2D eigenvalue weighted by molar-refractivity contribution is -0.142. The van der Waals surface area contributed by atoms with E-state index in [2.05, 4.69) is 0 Å². The van der Waals surface area contributed by atoms with Crippen LogP contribution in [0.3, 0.4) is 0 Å². The molecule has 1 fully saturated rings. The van der Waals surface area contributed by atoms with Gasteiger partial charge in [0.25, 0.3) is 0 Å². The minimum Gasteiger partial charge on any atom is -0.480 e. The Hall–Kier alpha value is -1.18. The largest absolute Gasteiger partial charge is 0.480 e. The van der Waals surface area contributed by atoms with Crippen molar-refractivity contribution in [3.05, 3.63) is 0 Å². The van der Waals surface area contributed by atoms with Crippen molar-refractivity contribution >= 4 is 11.9 Å². The van der Waals surface area contributed by atoms with Crippen molar-refractivity contribution in [2.75, 3.05) is 13.7 Å². The molecule has 0 aromatic heterocycles. The van der Waals surface area contributed by atoms with Crippen LogP contribution >= 0.6 is 0 Å². The average Bonchev–Trinajstić information content (AvgIpc) is 3.11. The van der Waals surface area contributed by atoms with Crippen molar-refractivity contribution < 1.29 is 24.9 Å². The average molecular weight is 262 g/mol. The van der Waals surface area contributed by atoms with Crippen LogP contribution in [0.5, 0.6) is 0 Å². The number of carboxylic acid groups (broad SMARTS) is 2. The highest BCUT2D eigenvalue weighted by Crippen LogP contribution is 2.26. The first-order chi connectivity index (χ1) is 8.31. The summed E-state index contributed by atoms with van der Waals surface area (Å²) >= 11 is 0. The number of aliphatic hydroxyl groups is 1. The maximum Gasteiger partial charge on any atom is 0.320 e. The van der Waals surface area contributed by atoms with E-state index in [9.17, 15) is 9.59 Å². The normalized spacial score (nSPS) is 17.6. The summed E-state index contributed by atoms with van der Waals surface area (Å²) in [5.41, 5.74) is 4.97. The second-order valence-corrected chi connectivity index (χ2v) is 4.37. The fourth-order valence-electron chi connectivity index (χ4n) is 1.23. The van der Waals surface area contributed by atoms with Crippen LogP contribution in [0.15, 0.2) is 0 Å². The van der Waals surface area contributed by atoms with Gasteiger partial charge in [0.1, 0.15) is 12.1 Å². The number of carbonyl (C=O) groups is 2. The fourth-order valence-corrected chi connectivity index (χ4v) is 1.23. The Morgan fingerprint density at radius 1 is 1.33 bits per heavy atom. The number of carboxylic acids is 2. The molecular weight excluding hydrogens is 240 g/mol. The zero-order chi connectivity index (χ0) is 14.3. The summed E-state index contributed by atoms with van der Waals surface area (Å²) in [5.74, 6) is -1.80. The van der Waals surface area contributed by atoms with Crippen molar-refractivity contribution in [1.29, 1.82) is 0 Å². The number of likely N-dealkylation sites (N-methyl/N-ethyl adjacent to an activating group) is 1. The molecule has 0 amide bonds. The molecule has 7 nitrogen and oxygen atoms in total. The maximum atomic E-state index is 10.4. The molecule has 5 N–H and O–H groups in total. The van der Waals surface area contributed by atoms with Gasteiger partial charge in [-0.25, -0.2) is 0 Å². The molecule has 7 heteroatoms. The molecule has 0 bridgehead atoms. The molecule has 1 rings (SSSR count). The molecule has 0 saturated heterocycles. The number of hydrogen-bond donors (Lipinski definition) is 4. The second-order valence-electron chi connectivity index (χ2n) is 4.37. The third-order valence-electron chi connectivity index (χ3n) is 2.85. The van der Waals surface area contributed by atoms with Gasteiger partial charge in [0.15, 0.2) is 0 Å². The Balaban J connectivity index is 0.000000331. The summed E-state index contributed by atoms with van der Waals surface area (Å²) < 4.78 is 0. The molecule has 0 spiro atoms. The van der Waals surface area contributed by atoms with Crippen molar-refractivity contribution in [1.82, 2.24) is 4.90 Å². The van der Waals surface area contributed by atoms with Gasteiger partial charge in [0.2, 0.25) is 0 Å². The van der Waals surface area contributed by atoms with E-state index in [1.165, 1.54) is 0 Å². The second kappa shape index (κ2) is 8.02. The standard InChI is InChI=1S/C7H13NO2.C4H9NO3/c1-5(7(9)10)8(2)6-3-4-6;5-3(1-2-6)4(7)8/h5-6H,3-4H2,1-2H3,(H,9,10);3,6H,1-2,5H2,(H,7,8). The van der Waals surface area contributed by atoms with E-state index in [1.807, 2.05) is 11.9 Å². The van der Waals surface area contributed by atoms with Crippen LogP contribution < -0.4 is 5.73 Å². The van der Waals surface area contributed by atoms with Gasteiger partial charge in [-0.1, -0.05) is 0 Å². The van der Waals surface area contributed by atoms with Crippen molar-refractivity contribution in [2.45, 2.75) is 44.3 Å². The first kappa shape index (κ1) is 16.8. The molecule has 1 aliphatic carbocycles. The predicted octanol–water partition coefficient (Wildman–Crippen LogP) is -0.666. The minimum atomic E-state index is -1.07. The summed E-state index contributed by atoms with van der Waals surface area (Å²) in [4.78, 5) is 22.2. The quantitative estimate of drug-likeness (QED) is 0.500. The Kier molecular flexibility index (Phi) is 7.49. The lowest BCUT2D eigenvalue weighted by atomic mass is 10.2. The first-order valence-electron chi connectivity index (χ1n) is 5.85. The van der Waals surface area contributed by atoms with E-state index >= 15 is 0 Å². The summed E-state index contributed by atoms with van der Waals surface area (Å²) in [5, 5.41) is 24.8. The van der Waals surface area contributed by atoms with Gasteiger partial charge in [-0.3, -0.25) is 14.5 Å². The molecule has 0 aromatic carbocycles. The molecule has 0 aliphatic heterocycles. The zero-order valence-corrected chi connectivity index (χ0v) is 10.7. The van der Waals surface area contributed by atoms with Crippen LogP contribution in [-0.4, -0.2) is 63.9 Å². The van der Waals surface area contributed by atoms with Crippen LogP contribution in [0, 0.1) is 0 Å². The Morgan fingerprint density at radius 2 is 1.83 bits per heavy atom. The Labute approximate surface area is 106 Å². The molecule has 0 radical (unpaired) electrons. The molecule has 0 aromatic rings. The van der Waals surface area contributed by atoms with Crippen molar-refractivity contribution in [3.8, 4) is 0 Å². The molecule has 106 valence electrons. The van der Waals surface area contributed by atoms with Crippen LogP contribution in [0.25, 0.3) is 0 Å². The van der Waals surface area contributed by atoms with Gasteiger partial charge in [0, 0.05) is 12.6 Å². The molecule has 18 heavy (non-hydrogen) atoms. The highest BCUT2D eigenvalue weighted by atomic mass is 16.4. The monoisotopic (exact) mass is 262 g/mol. The number of aliphatic hydroxyl groups excluding tert-OH is 1. The maximum absolute atomic E-state index is 10.4. The summed E-state index contributed by atoms with van der Waals surface area (Å²) in [7, 11) is 1.87. The van der Waals surface area contributed by atoms with Gasteiger partial charge in [-0.15, -0.1) is 0 Å². The summed E-state index contributed by atoms with van der Waals surface area (Å²) in [6.07, 6.45) is 2.44. The number of aliphatic carboxylic acids is 2. The van der Waals surface area contributed by atoms with Gasteiger partial charge in [-0.05, 0) is 33.2 Å². The Bertz CT molecular complexity index is 281. The van der Waals surface area contributed by atoms with E-state index in [1.54, 1.807) is 6.92 Å². The van der Waals surface area contributed by atoms with Crippen LogP contribution in [-0.2, 0) is 9.59 Å². The van der Waals surface area contributed by atoms with E-state index in [0.717, 1.165) is 12.8 Å². The lowest BCUT2D eigenvalue weighted by Gasteiger charge is -2.19. The zero-order valence-electron chi connectivity index (χ0n) is 10.7. The van der Waals surface area contributed by atoms with Gasteiger partial charge in [0.05, 0.1) is 0 Å². The van der Waals surface area contributed by atoms with E-state index in [-0.39, 0.29) is 19.1 Å². The third-order valence-corrected chi connectivity index (χ3v) is 2.85. The minimum absolute atomic E-state index is 0.120. The first-order valence-corrected chi connectivity index (χ1v) is 5.85. The van der Waals surface area contributed by atoms with E-state index in [0.29, 0.717) is 6.04 Å². The molecule has 2 unspecified atom stereocenters. The number of nitrogens with two attached hydrogens (primary N) is 1. The van der Waals surface area contributed by atoms with Gasteiger partial charge < -0.3 is 21.1 Å². The fraction of sp³-hybridized carbons (Fsp3) is 0.818. The van der Waals surface area contributed by atoms with Crippen LogP contribution in [0.1, 0.15) is 26.2 Å². The molecule has 1 saturated carbocycles. The SMILES string of the molecule is CC(C(=O)O)N(C)C1CC1.NC(CCO)C(=O)O. The topological polar surface area (TPSA) is 124 Å². The highest BCUT2D eigenvalue weighted by Gasteiger charge is 2.31. The van der Waals surface area contributed by atoms with E-state index in [4.69, 9.17) is 21.1 Å². The molecular formula is C11H22N2O5. The highest BCUT2D eigenvalue weighted by molar-refractivity contribution is 5.73. The number of hydrogen-bond acceptors (Lipinski definition) is 5. The van der Waals surface area contributed by atoms with Gasteiger partial charge >= 0.3 is 11.9 Å². The third kappa shape index (κ3) is 6.53. The smallest absolute Gasteiger partial charge is 0.320 e. The Morgan fingerprint density at radius 3 is 2.06 bits per heavy atom. The van der Waals surface area contributed by atoms with Gasteiger partial charge in [-0.2, -0.15) is 0 Å². The van der Waals surface area contributed by atoms with Crippen molar-refractivity contribution in [2.24, 2.45) is 5.73 Å². The van der Waals surface area contributed by atoms with Crippen LogP contribution in [0.2, 0.25) is 0 Å². The molecule has 1 aliphatic rings. The summed E-state index contributed by atoms with van der Waals surface area (Å²) in [6, 6.07) is -0.710. The van der Waals surface area contributed by atoms with Crippen LogP contribution in [0.4, 0.5) is 0 Å². The van der Waals surface area contributed by atoms with E-state index < -0.39 is 18.0 Å². The molecule has 2 atom stereocenters. The number of rotatable bonds is 6. The molecule has 0 heterocycles. The predicted molar refractivity (Wildman–Crippen MR) is 65.2 cm³/mol. The lowest BCUT2D eigenvalue weighted by Crippen LogP contribution is -2.37. The number of nitrogens with zero attached hydrogens (tertiary/aromatic N) is 1. The summed E-state index contributed by atoms with van der Waals surface area (Å²) in [6.45, 7) is 1.55. The van der Waals surface area contributed by atoms with Crippen molar-refractivity contribution in [3.63, 3.8) is 0 Å².